The fourth-order valence-corrected chi connectivity index (χ4v) is 1.92. The van der Waals surface area contributed by atoms with Crippen LogP contribution in [-0.4, -0.2) is 5.78 Å². The summed E-state index contributed by atoms with van der Waals surface area (Å²) < 4.78 is 26.1. The Morgan fingerprint density at radius 3 is 2.35 bits per heavy atom. The molecule has 92 valence electrons. The smallest absolute Gasteiger partial charge is 0.159 e. The Bertz CT molecular complexity index is 441. The number of nitrogens with two attached hydrogens (primary N) is 1. The lowest BCUT2D eigenvalue weighted by Crippen LogP contribution is -2.07. The zero-order valence-corrected chi connectivity index (χ0v) is 9.51. The minimum atomic E-state index is -0.886. The van der Waals surface area contributed by atoms with Crippen molar-refractivity contribution in [2.45, 2.75) is 32.2 Å². The minimum Gasteiger partial charge on any atom is -0.326 e. The lowest BCUT2D eigenvalue weighted by atomic mass is 10.00. The zero-order chi connectivity index (χ0) is 12.4. The van der Waals surface area contributed by atoms with Gasteiger partial charge >= 0.3 is 0 Å². The fraction of sp³-hybridized carbons (Fsp3) is 0.462. The van der Waals surface area contributed by atoms with Crippen molar-refractivity contribution in [3.63, 3.8) is 0 Å². The maximum absolute atomic E-state index is 13.1. The first-order chi connectivity index (χ1) is 8.11. The molecule has 2 nitrogen and oxygen atoms in total. The number of carbonyl (C=O) groups excluding carboxylic acids is 1. The summed E-state index contributed by atoms with van der Waals surface area (Å²) in [4.78, 5) is 11.5. The van der Waals surface area contributed by atoms with Gasteiger partial charge < -0.3 is 5.73 Å². The summed E-state index contributed by atoms with van der Waals surface area (Å²) in [6.45, 7) is 0.157. The number of aryl methyl sites for hydroxylation is 1. The molecule has 0 saturated heterocycles. The van der Waals surface area contributed by atoms with E-state index < -0.39 is 11.6 Å². The predicted octanol–water partition coefficient (Wildman–Crippen LogP) is 2.34. The summed E-state index contributed by atoms with van der Waals surface area (Å²) in [7, 11) is 0. The molecule has 2 N–H and O–H groups in total. The molecule has 1 aromatic carbocycles. The van der Waals surface area contributed by atoms with Crippen molar-refractivity contribution in [3.05, 3.63) is 34.9 Å². The highest BCUT2D eigenvalue weighted by Crippen LogP contribution is 2.31. The van der Waals surface area contributed by atoms with Crippen molar-refractivity contribution in [1.82, 2.24) is 0 Å². The van der Waals surface area contributed by atoms with Crippen molar-refractivity contribution in [1.29, 1.82) is 0 Å². The first kappa shape index (κ1) is 12.2. The van der Waals surface area contributed by atoms with Crippen molar-refractivity contribution in [3.8, 4) is 0 Å². The number of halogens is 2. The van der Waals surface area contributed by atoms with Crippen molar-refractivity contribution in [2.24, 2.45) is 11.7 Å². The highest BCUT2D eigenvalue weighted by atomic mass is 19.2. The summed E-state index contributed by atoms with van der Waals surface area (Å²) in [5.41, 5.74) is 6.69. The summed E-state index contributed by atoms with van der Waals surface area (Å²) in [5.74, 6) is -1.34. The Labute approximate surface area is 98.8 Å². The fourth-order valence-electron chi connectivity index (χ4n) is 1.92. The molecule has 4 heteroatoms. The van der Waals surface area contributed by atoms with Crippen molar-refractivity contribution >= 4 is 5.78 Å². The standard InChI is InChI=1S/C13H15F2NO/c14-11-5-9(10(7-16)6-12(11)15)3-4-13(17)8-1-2-8/h5-6,8H,1-4,7,16H2. The average molecular weight is 239 g/mol. The highest BCUT2D eigenvalue weighted by molar-refractivity contribution is 5.83. The van der Waals surface area contributed by atoms with Crippen LogP contribution in [0.5, 0.6) is 0 Å². The topological polar surface area (TPSA) is 43.1 Å². The molecule has 0 unspecified atom stereocenters. The van der Waals surface area contributed by atoms with Crippen LogP contribution in [0.15, 0.2) is 12.1 Å². The normalized spacial score (nSPS) is 15.0. The summed E-state index contributed by atoms with van der Waals surface area (Å²) in [6, 6.07) is 2.27. The molecule has 0 radical (unpaired) electrons. The van der Waals surface area contributed by atoms with E-state index in [1.54, 1.807) is 0 Å². The van der Waals surface area contributed by atoms with E-state index in [4.69, 9.17) is 5.73 Å². The quantitative estimate of drug-likeness (QED) is 0.857. The van der Waals surface area contributed by atoms with E-state index in [2.05, 4.69) is 0 Å². The number of Topliss-reactive ketones (excluding diaryl/α,β-unsaturated/α-hetero) is 1. The first-order valence-electron chi connectivity index (χ1n) is 5.81. The molecule has 1 aromatic rings. The van der Waals surface area contributed by atoms with Crippen LogP contribution in [0, 0.1) is 17.6 Å². The zero-order valence-electron chi connectivity index (χ0n) is 9.51. The minimum absolute atomic E-state index is 0.157. The highest BCUT2D eigenvalue weighted by Gasteiger charge is 2.28. The second-order valence-corrected chi connectivity index (χ2v) is 4.48. The van der Waals surface area contributed by atoms with Crippen LogP contribution in [0.1, 0.15) is 30.4 Å². The molecule has 0 spiro atoms. The largest absolute Gasteiger partial charge is 0.326 e. The lowest BCUT2D eigenvalue weighted by molar-refractivity contribution is -0.120. The first-order valence-corrected chi connectivity index (χ1v) is 5.81. The SMILES string of the molecule is NCc1cc(F)c(F)cc1CCC(=O)C1CC1. The van der Waals surface area contributed by atoms with Gasteiger partial charge in [0.15, 0.2) is 11.6 Å². The Balaban J connectivity index is 2.08. The van der Waals surface area contributed by atoms with E-state index in [0.717, 1.165) is 25.0 Å². The van der Waals surface area contributed by atoms with Gasteiger partial charge in [-0.05, 0) is 42.5 Å². The van der Waals surface area contributed by atoms with Gasteiger partial charge in [-0.3, -0.25) is 4.79 Å². The van der Waals surface area contributed by atoms with Crippen molar-refractivity contribution in [2.75, 3.05) is 0 Å². The molecule has 17 heavy (non-hydrogen) atoms. The third-order valence-corrected chi connectivity index (χ3v) is 3.14. The number of rotatable bonds is 5. The third kappa shape index (κ3) is 2.88. The van der Waals surface area contributed by atoms with Gasteiger partial charge in [0.25, 0.3) is 0 Å². The molecule has 0 aromatic heterocycles. The Hall–Kier alpha value is -1.29. The molecule has 0 aliphatic heterocycles. The molecule has 1 aliphatic rings. The molecular weight excluding hydrogens is 224 g/mol. The number of carbonyl (C=O) groups is 1. The van der Waals surface area contributed by atoms with E-state index >= 15 is 0 Å². The molecule has 1 fully saturated rings. The van der Waals surface area contributed by atoms with Crippen molar-refractivity contribution < 1.29 is 13.6 Å². The average Bonchev–Trinajstić information content (AvgIpc) is 3.13. The summed E-state index contributed by atoms with van der Waals surface area (Å²) >= 11 is 0. The Kier molecular flexibility index (Phi) is 3.52. The maximum Gasteiger partial charge on any atom is 0.159 e. The van der Waals surface area contributed by atoms with Gasteiger partial charge in [-0.25, -0.2) is 8.78 Å². The number of hydrogen-bond donors (Lipinski definition) is 1. The van der Waals surface area contributed by atoms with Gasteiger partial charge in [0.1, 0.15) is 5.78 Å². The number of benzene rings is 1. The summed E-state index contributed by atoms with van der Waals surface area (Å²) in [6.07, 6.45) is 2.78. The van der Waals surface area contributed by atoms with Crippen LogP contribution >= 0.6 is 0 Å². The van der Waals surface area contributed by atoms with Crippen LogP contribution in [0.4, 0.5) is 8.78 Å². The second-order valence-electron chi connectivity index (χ2n) is 4.48. The van der Waals surface area contributed by atoms with Crippen LogP contribution in [0.25, 0.3) is 0 Å². The molecule has 0 heterocycles. The number of ketones is 1. The van der Waals surface area contributed by atoms with Crippen LogP contribution < -0.4 is 5.73 Å². The molecule has 2 rings (SSSR count). The third-order valence-electron chi connectivity index (χ3n) is 3.14. The number of hydrogen-bond acceptors (Lipinski definition) is 2. The summed E-state index contributed by atoms with van der Waals surface area (Å²) in [5, 5.41) is 0. The lowest BCUT2D eigenvalue weighted by Gasteiger charge is -2.08. The van der Waals surface area contributed by atoms with E-state index in [1.807, 2.05) is 0 Å². The van der Waals surface area contributed by atoms with Gasteiger partial charge in [0, 0.05) is 18.9 Å². The van der Waals surface area contributed by atoms with E-state index in [-0.39, 0.29) is 18.2 Å². The second kappa shape index (κ2) is 4.92. The maximum atomic E-state index is 13.1. The van der Waals surface area contributed by atoms with E-state index in [9.17, 15) is 13.6 Å². The Morgan fingerprint density at radius 2 is 1.82 bits per heavy atom. The van der Waals surface area contributed by atoms with Gasteiger partial charge in [0.05, 0.1) is 0 Å². The molecular formula is C13H15F2NO. The van der Waals surface area contributed by atoms with Crippen LogP contribution in [-0.2, 0) is 17.8 Å². The molecule has 1 saturated carbocycles. The Morgan fingerprint density at radius 1 is 1.24 bits per heavy atom. The van der Waals surface area contributed by atoms with E-state index in [1.165, 1.54) is 0 Å². The monoisotopic (exact) mass is 239 g/mol. The molecule has 0 atom stereocenters. The van der Waals surface area contributed by atoms with E-state index in [0.29, 0.717) is 24.0 Å². The van der Waals surface area contributed by atoms with Gasteiger partial charge in [-0.1, -0.05) is 0 Å². The van der Waals surface area contributed by atoms with Crippen LogP contribution in [0.3, 0.4) is 0 Å². The van der Waals surface area contributed by atoms with Gasteiger partial charge in [0.2, 0.25) is 0 Å². The molecule has 1 aliphatic carbocycles. The molecule has 0 bridgehead atoms. The van der Waals surface area contributed by atoms with Crippen LogP contribution in [0.2, 0.25) is 0 Å². The van der Waals surface area contributed by atoms with Gasteiger partial charge in [-0.2, -0.15) is 0 Å². The van der Waals surface area contributed by atoms with Gasteiger partial charge in [-0.15, -0.1) is 0 Å². The predicted molar refractivity (Wildman–Crippen MR) is 60.3 cm³/mol. The molecule has 0 amide bonds.